The Hall–Kier alpha value is -3.37. The van der Waals surface area contributed by atoms with Crippen LogP contribution in [-0.2, 0) is 10.3 Å². The molecule has 2 aliphatic rings. The molecule has 3 N–H and O–H groups in total. The summed E-state index contributed by atoms with van der Waals surface area (Å²) in [6.07, 6.45) is -2.00. The number of amides is 1. The number of halogens is 3. The van der Waals surface area contributed by atoms with Crippen LogP contribution in [0.15, 0.2) is 29.4 Å². The van der Waals surface area contributed by atoms with E-state index in [1.54, 1.807) is 6.92 Å². The number of fused-ring (bicyclic) bond motifs is 1. The van der Waals surface area contributed by atoms with Crippen LogP contribution >= 0.6 is 0 Å². The van der Waals surface area contributed by atoms with Gasteiger partial charge in [0.2, 0.25) is 5.88 Å². The SMILES string of the molecule is COc1cnc(C(=O)Nc2ccc(F)c([C@@]3(C(F)F)N=C(N)O[C@@H]4CC43)c2)c(C)n1. The molecule has 1 aromatic carbocycles. The standard InChI is InChI=1S/C19H18F3N5O3/c1-8-15(24-7-14(25-8)29-2)16(28)26-9-3-4-12(20)10(5-9)19(17(21)22)11-6-13(11)30-18(23)27-19/h3-5,7,11,13,17H,6H2,1-2H3,(H2,23,27)(H,26,28)/t11?,13-,19-/m1/s1. The van der Waals surface area contributed by atoms with Gasteiger partial charge in [-0.1, -0.05) is 0 Å². The third-order valence-electron chi connectivity index (χ3n) is 5.20. The highest BCUT2D eigenvalue weighted by Gasteiger charge is 2.64. The molecule has 1 aromatic heterocycles. The molecule has 30 heavy (non-hydrogen) atoms. The number of anilines is 1. The van der Waals surface area contributed by atoms with Crippen molar-refractivity contribution in [2.24, 2.45) is 16.6 Å². The summed E-state index contributed by atoms with van der Waals surface area (Å²) in [5.41, 5.74) is 3.46. The highest BCUT2D eigenvalue weighted by Crippen LogP contribution is 2.56. The van der Waals surface area contributed by atoms with Gasteiger partial charge in [0, 0.05) is 17.2 Å². The van der Waals surface area contributed by atoms with Crippen LogP contribution in [0, 0.1) is 18.7 Å². The van der Waals surface area contributed by atoms with Crippen LogP contribution in [0.25, 0.3) is 0 Å². The van der Waals surface area contributed by atoms with Gasteiger partial charge in [0.05, 0.1) is 19.0 Å². The minimum Gasteiger partial charge on any atom is -0.480 e. The van der Waals surface area contributed by atoms with E-state index in [-0.39, 0.29) is 29.2 Å². The molecular formula is C19H18F3N5O3. The zero-order chi connectivity index (χ0) is 21.6. The molecule has 4 rings (SSSR count). The molecule has 158 valence electrons. The Morgan fingerprint density at radius 3 is 2.87 bits per heavy atom. The van der Waals surface area contributed by atoms with E-state index < -0.39 is 41.7 Å². The fraction of sp³-hybridized carbons (Fsp3) is 0.368. The number of nitrogens with zero attached hydrogens (tertiary/aromatic N) is 3. The van der Waals surface area contributed by atoms with Gasteiger partial charge < -0.3 is 20.5 Å². The van der Waals surface area contributed by atoms with Gasteiger partial charge in [0.15, 0.2) is 5.54 Å². The highest BCUT2D eigenvalue weighted by molar-refractivity contribution is 6.03. The fourth-order valence-corrected chi connectivity index (χ4v) is 3.68. The number of hydrogen-bond donors (Lipinski definition) is 2. The Bertz CT molecular complexity index is 1050. The lowest BCUT2D eigenvalue weighted by atomic mass is 9.84. The Kier molecular flexibility index (Phi) is 4.75. The summed E-state index contributed by atoms with van der Waals surface area (Å²) in [7, 11) is 1.41. The van der Waals surface area contributed by atoms with Crippen molar-refractivity contribution in [2.45, 2.75) is 31.4 Å². The number of methoxy groups -OCH3 is 1. The van der Waals surface area contributed by atoms with Gasteiger partial charge in [0.25, 0.3) is 18.4 Å². The number of aryl methyl sites for hydroxylation is 1. The average molecular weight is 421 g/mol. The maximum Gasteiger partial charge on any atom is 0.283 e. The first-order valence-corrected chi connectivity index (χ1v) is 9.05. The zero-order valence-corrected chi connectivity index (χ0v) is 16.0. The van der Waals surface area contributed by atoms with E-state index in [1.165, 1.54) is 19.4 Å². The number of ether oxygens (including phenoxy) is 2. The number of hydrogen-bond acceptors (Lipinski definition) is 7. The number of aliphatic imine (C=N–C) groups is 1. The van der Waals surface area contributed by atoms with E-state index in [1.807, 2.05) is 0 Å². The lowest BCUT2D eigenvalue weighted by Gasteiger charge is -2.33. The number of nitrogens with two attached hydrogens (primary N) is 1. The Balaban J connectivity index is 1.69. The van der Waals surface area contributed by atoms with Crippen molar-refractivity contribution >= 4 is 17.6 Å². The molecule has 1 amide bonds. The van der Waals surface area contributed by atoms with Crippen LogP contribution < -0.4 is 15.8 Å². The maximum absolute atomic E-state index is 14.7. The van der Waals surface area contributed by atoms with Gasteiger partial charge in [-0.25, -0.2) is 28.1 Å². The Morgan fingerprint density at radius 2 is 2.20 bits per heavy atom. The van der Waals surface area contributed by atoms with Gasteiger partial charge in [-0.2, -0.15) is 0 Å². The largest absolute Gasteiger partial charge is 0.480 e. The van der Waals surface area contributed by atoms with E-state index in [2.05, 4.69) is 20.3 Å². The fourth-order valence-electron chi connectivity index (χ4n) is 3.68. The number of alkyl halides is 2. The summed E-state index contributed by atoms with van der Waals surface area (Å²) in [6.45, 7) is 1.57. The first-order chi connectivity index (χ1) is 14.3. The molecule has 2 heterocycles. The second kappa shape index (κ2) is 7.15. The van der Waals surface area contributed by atoms with Crippen LogP contribution in [0.3, 0.4) is 0 Å². The van der Waals surface area contributed by atoms with Crippen molar-refractivity contribution in [3.05, 3.63) is 47.2 Å². The first kappa shape index (κ1) is 19.9. The van der Waals surface area contributed by atoms with Crippen molar-refractivity contribution in [1.82, 2.24) is 9.97 Å². The van der Waals surface area contributed by atoms with E-state index in [4.69, 9.17) is 15.2 Å². The van der Waals surface area contributed by atoms with Gasteiger partial charge in [-0.15, -0.1) is 0 Å². The van der Waals surface area contributed by atoms with E-state index in [0.717, 1.165) is 12.1 Å². The number of amidine groups is 1. The maximum atomic E-state index is 14.7. The predicted molar refractivity (Wildman–Crippen MR) is 100.0 cm³/mol. The second-order valence-corrected chi connectivity index (χ2v) is 7.07. The minimum atomic E-state index is -3.02. The number of nitrogens with one attached hydrogen (secondary N) is 1. The highest BCUT2D eigenvalue weighted by atomic mass is 19.3. The molecule has 1 fully saturated rings. The van der Waals surface area contributed by atoms with Crippen molar-refractivity contribution in [2.75, 3.05) is 12.4 Å². The molecule has 1 aliphatic carbocycles. The van der Waals surface area contributed by atoms with Crippen molar-refractivity contribution in [3.8, 4) is 5.88 Å². The van der Waals surface area contributed by atoms with Gasteiger partial charge >= 0.3 is 0 Å². The lowest BCUT2D eigenvalue weighted by molar-refractivity contribution is 0.0177. The quantitative estimate of drug-likeness (QED) is 0.767. The molecule has 1 unspecified atom stereocenters. The average Bonchev–Trinajstić information content (AvgIpc) is 3.48. The summed E-state index contributed by atoms with van der Waals surface area (Å²) in [4.78, 5) is 24.5. The Morgan fingerprint density at radius 1 is 1.43 bits per heavy atom. The summed E-state index contributed by atoms with van der Waals surface area (Å²) >= 11 is 0. The number of carbonyl (C=O) groups is 1. The normalized spacial score (nSPS) is 24.5. The van der Waals surface area contributed by atoms with Crippen LogP contribution in [0.1, 0.15) is 28.2 Å². The first-order valence-electron chi connectivity index (χ1n) is 9.05. The van der Waals surface area contributed by atoms with Crippen molar-refractivity contribution in [3.63, 3.8) is 0 Å². The molecule has 3 atom stereocenters. The predicted octanol–water partition coefficient (Wildman–Crippen LogP) is 2.38. The molecule has 0 radical (unpaired) electrons. The van der Waals surface area contributed by atoms with Gasteiger partial charge in [-0.05, 0) is 31.5 Å². The number of rotatable bonds is 5. The molecule has 2 aromatic rings. The van der Waals surface area contributed by atoms with Gasteiger partial charge in [0.1, 0.15) is 17.6 Å². The summed E-state index contributed by atoms with van der Waals surface area (Å²) < 4.78 is 53.1. The summed E-state index contributed by atoms with van der Waals surface area (Å²) in [5.74, 6) is -1.98. The summed E-state index contributed by atoms with van der Waals surface area (Å²) in [5, 5.41) is 2.53. The van der Waals surface area contributed by atoms with Crippen LogP contribution in [0.2, 0.25) is 0 Å². The summed E-state index contributed by atoms with van der Waals surface area (Å²) in [6, 6.07) is 2.99. The molecule has 1 aliphatic heterocycles. The molecule has 0 spiro atoms. The van der Waals surface area contributed by atoms with Crippen molar-refractivity contribution in [1.29, 1.82) is 0 Å². The number of carbonyl (C=O) groups excluding carboxylic acids is 1. The van der Waals surface area contributed by atoms with Gasteiger partial charge in [-0.3, -0.25) is 4.79 Å². The topological polar surface area (TPSA) is 112 Å². The smallest absolute Gasteiger partial charge is 0.283 e. The zero-order valence-electron chi connectivity index (χ0n) is 16.0. The van der Waals surface area contributed by atoms with E-state index in [9.17, 15) is 18.0 Å². The lowest BCUT2D eigenvalue weighted by Crippen LogP contribution is -2.43. The number of aromatic nitrogens is 2. The van der Waals surface area contributed by atoms with Crippen molar-refractivity contribution < 1.29 is 27.4 Å². The molecule has 1 saturated carbocycles. The Labute approximate surface area is 169 Å². The molecule has 0 bridgehead atoms. The molecule has 11 heteroatoms. The monoisotopic (exact) mass is 421 g/mol. The van der Waals surface area contributed by atoms with Crippen LogP contribution in [-0.4, -0.2) is 41.5 Å². The minimum absolute atomic E-state index is 0.0147. The van der Waals surface area contributed by atoms with E-state index in [0.29, 0.717) is 5.69 Å². The van der Waals surface area contributed by atoms with Crippen LogP contribution in [0.4, 0.5) is 18.9 Å². The second-order valence-electron chi connectivity index (χ2n) is 7.07. The van der Waals surface area contributed by atoms with E-state index >= 15 is 0 Å². The molecule has 0 saturated heterocycles. The third-order valence-corrected chi connectivity index (χ3v) is 5.20. The van der Waals surface area contributed by atoms with Crippen LogP contribution in [0.5, 0.6) is 5.88 Å². The molecular weight excluding hydrogens is 403 g/mol. The molecule has 8 nitrogen and oxygen atoms in total. The number of benzene rings is 1. The third kappa shape index (κ3) is 3.19.